The predicted octanol–water partition coefficient (Wildman–Crippen LogP) is 3.26. The number of nitrogens with zero attached hydrogens (tertiary/aromatic N) is 1. The number of pyridine rings is 1. The monoisotopic (exact) mass is 322 g/mol. The lowest BCUT2D eigenvalue weighted by atomic mass is 10.1. The summed E-state index contributed by atoms with van der Waals surface area (Å²) in [5.74, 6) is 0. The van der Waals surface area contributed by atoms with Crippen molar-refractivity contribution in [1.29, 1.82) is 0 Å². The lowest BCUT2D eigenvalue weighted by molar-refractivity contribution is -0.141. The molecule has 0 aromatic carbocycles. The number of hydrogen-bond acceptors (Lipinski definition) is 2. The fourth-order valence-electron chi connectivity index (χ4n) is 1.62. The number of aromatic nitrogens is 1. The summed E-state index contributed by atoms with van der Waals surface area (Å²) in [6.07, 6.45) is -3.62. The van der Waals surface area contributed by atoms with Gasteiger partial charge in [0.15, 0.2) is 0 Å². The van der Waals surface area contributed by atoms with Gasteiger partial charge in [0.25, 0.3) is 0 Å². The van der Waals surface area contributed by atoms with Crippen LogP contribution in [-0.4, -0.2) is 20.5 Å². The number of rotatable bonds is 5. The summed E-state index contributed by atoms with van der Waals surface area (Å²) in [7, 11) is -1.24. The fraction of sp³-hybridized carbons (Fsp3) is 0.643. The molecule has 120 valence electrons. The molecule has 0 aliphatic rings. The third-order valence-electron chi connectivity index (χ3n) is 2.81. The second kappa shape index (κ2) is 6.87. The summed E-state index contributed by atoms with van der Waals surface area (Å²) in [6.45, 7) is 7.60. The van der Waals surface area contributed by atoms with E-state index in [9.17, 15) is 17.4 Å². The Kier molecular flexibility index (Phi) is 5.92. The first-order valence-corrected chi connectivity index (χ1v) is 7.91. The highest BCUT2D eigenvalue weighted by molar-refractivity contribution is 7.84. The van der Waals surface area contributed by atoms with Crippen molar-refractivity contribution < 1.29 is 17.4 Å². The van der Waals surface area contributed by atoms with Crippen LogP contribution in [0.4, 0.5) is 13.2 Å². The maximum absolute atomic E-state index is 12.8. The van der Waals surface area contributed by atoms with E-state index >= 15 is 0 Å². The van der Waals surface area contributed by atoms with Crippen molar-refractivity contribution in [2.75, 3.05) is 6.54 Å². The van der Waals surface area contributed by atoms with Crippen molar-refractivity contribution in [2.45, 2.75) is 51.5 Å². The third-order valence-corrected chi connectivity index (χ3v) is 4.39. The van der Waals surface area contributed by atoms with Gasteiger partial charge in [-0.3, -0.25) is 0 Å². The maximum Gasteiger partial charge on any atom is 0.433 e. The lowest BCUT2D eigenvalue weighted by Gasteiger charge is -2.18. The zero-order chi connectivity index (χ0) is 16.3. The predicted molar refractivity (Wildman–Crippen MR) is 78.2 cm³/mol. The van der Waals surface area contributed by atoms with Crippen LogP contribution in [0.5, 0.6) is 0 Å². The van der Waals surface area contributed by atoms with E-state index in [1.165, 1.54) is 0 Å². The van der Waals surface area contributed by atoms with Crippen LogP contribution in [0.2, 0.25) is 0 Å². The number of nitrogens with one attached hydrogen (secondary N) is 1. The van der Waals surface area contributed by atoms with Gasteiger partial charge in [-0.25, -0.2) is 13.9 Å². The highest BCUT2D eigenvalue weighted by Crippen LogP contribution is 2.28. The van der Waals surface area contributed by atoms with Crippen LogP contribution in [0.1, 0.15) is 44.6 Å². The number of hydrogen-bond donors (Lipinski definition) is 1. The largest absolute Gasteiger partial charge is 0.433 e. The minimum Gasteiger partial charge on any atom is -0.248 e. The van der Waals surface area contributed by atoms with Gasteiger partial charge in [-0.1, -0.05) is 6.92 Å². The smallest absolute Gasteiger partial charge is 0.248 e. The summed E-state index contributed by atoms with van der Waals surface area (Å²) in [4.78, 5) is 3.65. The zero-order valence-electron chi connectivity index (χ0n) is 12.7. The average molecular weight is 322 g/mol. The van der Waals surface area contributed by atoms with E-state index in [-0.39, 0.29) is 0 Å². The molecule has 0 amide bonds. The van der Waals surface area contributed by atoms with Crippen molar-refractivity contribution in [3.63, 3.8) is 0 Å². The number of aryl methyl sites for hydroxylation is 1. The van der Waals surface area contributed by atoms with E-state index in [1.807, 2.05) is 20.8 Å². The molecular formula is C14H21F3N2OS. The van der Waals surface area contributed by atoms with E-state index in [1.54, 1.807) is 13.0 Å². The SMILES string of the molecule is CCc1cc(CCNS(=O)C(C)(C)C)nc(C(F)(F)F)c1. The molecule has 21 heavy (non-hydrogen) atoms. The molecule has 0 aliphatic heterocycles. The normalized spacial score (nSPS) is 14.2. The minimum absolute atomic E-state index is 0.304. The zero-order valence-corrected chi connectivity index (χ0v) is 13.5. The van der Waals surface area contributed by atoms with Crippen LogP contribution in [0.15, 0.2) is 12.1 Å². The average Bonchev–Trinajstić information content (AvgIpc) is 2.36. The Labute approximate surface area is 125 Å². The molecule has 1 heterocycles. The standard InChI is InChI=1S/C14H21F3N2OS/c1-5-10-8-11(19-12(9-10)14(15,16)17)6-7-18-21(20)13(2,3)4/h8-9,18H,5-7H2,1-4H3. The molecule has 0 saturated heterocycles. The van der Waals surface area contributed by atoms with Crippen molar-refractivity contribution >= 4 is 11.0 Å². The molecule has 0 radical (unpaired) electrons. The molecule has 1 unspecified atom stereocenters. The Balaban J connectivity index is 2.78. The van der Waals surface area contributed by atoms with Crippen molar-refractivity contribution in [3.05, 3.63) is 29.1 Å². The first-order chi connectivity index (χ1) is 9.54. The van der Waals surface area contributed by atoms with Gasteiger partial charge >= 0.3 is 6.18 Å². The molecule has 1 rings (SSSR count). The van der Waals surface area contributed by atoms with E-state index in [2.05, 4.69) is 9.71 Å². The van der Waals surface area contributed by atoms with Crippen molar-refractivity contribution in [2.24, 2.45) is 0 Å². The molecule has 0 spiro atoms. The molecule has 1 aromatic heterocycles. The van der Waals surface area contributed by atoms with Crippen LogP contribution in [0, 0.1) is 0 Å². The third kappa shape index (κ3) is 5.74. The Bertz CT molecular complexity index is 510. The molecular weight excluding hydrogens is 301 g/mol. The molecule has 1 atom stereocenters. The number of halogens is 3. The van der Waals surface area contributed by atoms with Gasteiger partial charge in [-0.05, 0) is 44.9 Å². The quantitative estimate of drug-likeness (QED) is 0.904. The Hall–Kier alpha value is -0.950. The summed E-state index contributed by atoms with van der Waals surface area (Å²) < 4.78 is 52.5. The Morgan fingerprint density at radius 2 is 1.86 bits per heavy atom. The summed E-state index contributed by atoms with van der Waals surface area (Å²) in [5.41, 5.74) is 0.0955. The molecule has 7 heteroatoms. The van der Waals surface area contributed by atoms with Crippen LogP contribution >= 0.6 is 0 Å². The molecule has 1 aromatic rings. The van der Waals surface area contributed by atoms with Gasteiger partial charge < -0.3 is 0 Å². The lowest BCUT2D eigenvalue weighted by Crippen LogP contribution is -2.34. The molecule has 0 bridgehead atoms. The van der Waals surface area contributed by atoms with Crippen LogP contribution in [0.3, 0.4) is 0 Å². The van der Waals surface area contributed by atoms with Gasteiger partial charge in [0.05, 0.1) is 15.7 Å². The summed E-state index contributed by atoms with van der Waals surface area (Å²) in [6, 6.07) is 2.74. The van der Waals surface area contributed by atoms with E-state index in [0.717, 1.165) is 6.07 Å². The molecule has 0 aliphatic carbocycles. The molecule has 0 saturated carbocycles. The Morgan fingerprint density at radius 1 is 1.24 bits per heavy atom. The van der Waals surface area contributed by atoms with E-state index in [4.69, 9.17) is 0 Å². The van der Waals surface area contributed by atoms with Crippen molar-refractivity contribution in [1.82, 2.24) is 9.71 Å². The Morgan fingerprint density at radius 3 is 2.33 bits per heavy atom. The van der Waals surface area contributed by atoms with E-state index < -0.39 is 27.6 Å². The first-order valence-electron chi connectivity index (χ1n) is 6.76. The first kappa shape index (κ1) is 18.1. The van der Waals surface area contributed by atoms with Crippen LogP contribution in [-0.2, 0) is 30.0 Å². The summed E-state index contributed by atoms with van der Waals surface area (Å²) >= 11 is 0. The maximum atomic E-state index is 12.8. The molecule has 3 nitrogen and oxygen atoms in total. The van der Waals surface area contributed by atoms with Gasteiger partial charge in [-0.2, -0.15) is 13.2 Å². The second-order valence-electron chi connectivity index (χ2n) is 5.73. The minimum atomic E-state index is -4.44. The van der Waals surface area contributed by atoms with Gasteiger partial charge in [0.1, 0.15) is 5.69 Å². The summed E-state index contributed by atoms with van der Waals surface area (Å²) in [5, 5.41) is 0. The van der Waals surface area contributed by atoms with Crippen LogP contribution < -0.4 is 4.72 Å². The van der Waals surface area contributed by atoms with Crippen molar-refractivity contribution in [3.8, 4) is 0 Å². The van der Waals surface area contributed by atoms with Crippen LogP contribution in [0.25, 0.3) is 0 Å². The molecule has 1 N–H and O–H groups in total. The molecule has 0 fully saturated rings. The highest BCUT2D eigenvalue weighted by Gasteiger charge is 2.33. The van der Waals surface area contributed by atoms with E-state index in [0.29, 0.717) is 30.6 Å². The van der Waals surface area contributed by atoms with Gasteiger partial charge in [0.2, 0.25) is 0 Å². The highest BCUT2D eigenvalue weighted by atomic mass is 32.2. The van der Waals surface area contributed by atoms with Gasteiger partial charge in [0, 0.05) is 18.7 Å². The topological polar surface area (TPSA) is 42.0 Å². The fourth-order valence-corrected chi connectivity index (χ4v) is 2.34. The number of alkyl halides is 3. The van der Waals surface area contributed by atoms with Gasteiger partial charge in [-0.15, -0.1) is 0 Å². The second-order valence-corrected chi connectivity index (χ2v) is 7.78.